The number of carbonyl (C=O) groups is 2. The zero-order chi connectivity index (χ0) is 23.2. The van der Waals surface area contributed by atoms with Gasteiger partial charge in [-0.1, -0.05) is 54.2 Å². The minimum atomic E-state index is -1.05. The molecule has 0 unspecified atom stereocenters. The van der Waals surface area contributed by atoms with E-state index in [4.69, 9.17) is 9.84 Å². The van der Waals surface area contributed by atoms with Crippen molar-refractivity contribution >= 4 is 40.1 Å². The first-order valence-electron chi connectivity index (χ1n) is 10.3. The van der Waals surface area contributed by atoms with Gasteiger partial charge < -0.3 is 19.7 Å². The van der Waals surface area contributed by atoms with Crippen LogP contribution in [0.2, 0.25) is 0 Å². The summed E-state index contributed by atoms with van der Waals surface area (Å²) in [6.45, 7) is 2.86. The molecule has 0 saturated carbocycles. The lowest BCUT2D eigenvalue weighted by Gasteiger charge is -2.11. The molecule has 0 radical (unpaired) electrons. The van der Waals surface area contributed by atoms with Gasteiger partial charge in [-0.3, -0.25) is 4.79 Å². The number of nitrogens with one attached hydrogen (secondary N) is 1. The molecule has 0 atom stereocenters. The van der Waals surface area contributed by atoms with Crippen LogP contribution < -0.4 is 10.1 Å². The molecule has 33 heavy (non-hydrogen) atoms. The molecule has 0 aliphatic rings. The Morgan fingerprint density at radius 1 is 1.06 bits per heavy atom. The van der Waals surface area contributed by atoms with Crippen molar-refractivity contribution in [3.05, 3.63) is 78.1 Å². The molecule has 2 N–H and O–H groups in total. The number of fused-ring (bicyclic) bond motifs is 1. The van der Waals surface area contributed by atoms with E-state index < -0.39 is 5.97 Å². The average Bonchev–Trinajstić information content (AvgIpc) is 3.23. The Kier molecular flexibility index (Phi) is 6.89. The van der Waals surface area contributed by atoms with E-state index >= 15 is 0 Å². The molecular weight excluding hydrogens is 440 g/mol. The Morgan fingerprint density at radius 3 is 2.67 bits per heavy atom. The Balaban J connectivity index is 1.39. The smallest absolute Gasteiger partial charge is 0.335 e. The molecule has 0 fully saturated rings. The van der Waals surface area contributed by atoms with E-state index in [0.717, 1.165) is 16.5 Å². The highest BCUT2D eigenvalue weighted by Crippen LogP contribution is 2.26. The molecule has 4 rings (SSSR count). The number of carboxylic acid groups (broad SMARTS) is 1. The van der Waals surface area contributed by atoms with E-state index in [9.17, 15) is 9.59 Å². The zero-order valence-corrected chi connectivity index (χ0v) is 18.7. The minimum Gasteiger partial charge on any atom is -0.485 e. The van der Waals surface area contributed by atoms with Gasteiger partial charge in [-0.05, 0) is 36.6 Å². The van der Waals surface area contributed by atoms with Crippen molar-refractivity contribution in [2.45, 2.75) is 25.2 Å². The second-order valence-electron chi connectivity index (χ2n) is 7.13. The van der Waals surface area contributed by atoms with E-state index in [1.54, 1.807) is 12.1 Å². The number of hydrogen-bond donors (Lipinski definition) is 2. The van der Waals surface area contributed by atoms with Crippen LogP contribution in [0.3, 0.4) is 0 Å². The highest BCUT2D eigenvalue weighted by atomic mass is 32.2. The summed E-state index contributed by atoms with van der Waals surface area (Å²) in [5, 5.41) is 23.0. The van der Waals surface area contributed by atoms with Crippen LogP contribution in [0.5, 0.6) is 5.75 Å². The van der Waals surface area contributed by atoms with Crippen LogP contribution in [-0.2, 0) is 17.9 Å². The summed E-state index contributed by atoms with van der Waals surface area (Å²) in [4.78, 5) is 23.4. The number of hydrogen-bond acceptors (Lipinski definition) is 6. The van der Waals surface area contributed by atoms with Gasteiger partial charge >= 0.3 is 5.97 Å². The fourth-order valence-corrected chi connectivity index (χ4v) is 4.19. The van der Waals surface area contributed by atoms with Crippen LogP contribution in [-0.4, -0.2) is 37.5 Å². The van der Waals surface area contributed by atoms with E-state index in [1.807, 2.05) is 54.0 Å². The summed E-state index contributed by atoms with van der Waals surface area (Å²) in [6.07, 6.45) is 0. The maximum atomic E-state index is 12.3. The Bertz CT molecular complexity index is 1300. The summed E-state index contributed by atoms with van der Waals surface area (Å²) in [5.74, 6) is 0.245. The standard InChI is InChI=1S/C24H22N4O4S/c1-2-28-21(14-32-20-12-6-8-16-7-3-4-11-19(16)20)26-27-24(28)33-15-22(29)25-18-10-5-9-17(13-18)23(30)31/h3-13H,2,14-15H2,1H3,(H,25,29)(H,30,31). The molecule has 0 bridgehead atoms. The summed E-state index contributed by atoms with van der Waals surface area (Å²) in [7, 11) is 0. The number of aromatic nitrogens is 3. The van der Waals surface area contributed by atoms with Crippen LogP contribution in [0.25, 0.3) is 10.8 Å². The number of amides is 1. The predicted molar refractivity (Wildman–Crippen MR) is 127 cm³/mol. The molecule has 1 amide bonds. The second kappa shape index (κ2) is 10.2. The molecular formula is C24H22N4O4S. The van der Waals surface area contributed by atoms with Crippen LogP contribution in [0.1, 0.15) is 23.1 Å². The number of rotatable bonds is 9. The molecule has 168 valence electrons. The van der Waals surface area contributed by atoms with Crippen molar-refractivity contribution < 1.29 is 19.4 Å². The van der Waals surface area contributed by atoms with Gasteiger partial charge in [0.2, 0.25) is 5.91 Å². The van der Waals surface area contributed by atoms with Gasteiger partial charge in [0.05, 0.1) is 11.3 Å². The van der Waals surface area contributed by atoms with Crippen molar-refractivity contribution in [1.82, 2.24) is 14.8 Å². The van der Waals surface area contributed by atoms with Gasteiger partial charge in [-0.25, -0.2) is 4.79 Å². The van der Waals surface area contributed by atoms with Gasteiger partial charge in [-0.15, -0.1) is 10.2 Å². The number of anilines is 1. The van der Waals surface area contributed by atoms with E-state index in [1.165, 1.54) is 23.9 Å². The number of benzene rings is 3. The Morgan fingerprint density at radius 2 is 1.85 bits per heavy atom. The maximum Gasteiger partial charge on any atom is 0.335 e. The molecule has 9 heteroatoms. The number of aromatic carboxylic acids is 1. The first kappa shape index (κ1) is 22.3. The predicted octanol–water partition coefficient (Wildman–Crippen LogP) is 4.46. The Hall–Kier alpha value is -3.85. The zero-order valence-electron chi connectivity index (χ0n) is 17.9. The van der Waals surface area contributed by atoms with Crippen LogP contribution >= 0.6 is 11.8 Å². The van der Waals surface area contributed by atoms with Crippen molar-refractivity contribution in [3.8, 4) is 5.75 Å². The van der Waals surface area contributed by atoms with Crippen molar-refractivity contribution in [2.24, 2.45) is 0 Å². The van der Waals surface area contributed by atoms with Gasteiger partial charge in [-0.2, -0.15) is 0 Å². The lowest BCUT2D eigenvalue weighted by atomic mass is 10.1. The topological polar surface area (TPSA) is 106 Å². The highest BCUT2D eigenvalue weighted by molar-refractivity contribution is 7.99. The number of nitrogens with zero attached hydrogens (tertiary/aromatic N) is 3. The quantitative estimate of drug-likeness (QED) is 0.354. The van der Waals surface area contributed by atoms with Crippen molar-refractivity contribution in [3.63, 3.8) is 0 Å². The number of ether oxygens (including phenoxy) is 1. The number of carboxylic acids is 1. The average molecular weight is 463 g/mol. The largest absolute Gasteiger partial charge is 0.485 e. The molecule has 4 aromatic rings. The fourth-order valence-electron chi connectivity index (χ4n) is 3.37. The second-order valence-corrected chi connectivity index (χ2v) is 8.07. The SMILES string of the molecule is CCn1c(COc2cccc3ccccc23)nnc1SCC(=O)Nc1cccc(C(=O)O)c1. The third kappa shape index (κ3) is 5.32. The normalized spacial score (nSPS) is 10.8. The molecule has 3 aromatic carbocycles. The summed E-state index contributed by atoms with van der Waals surface area (Å²) in [6, 6.07) is 20.0. The van der Waals surface area contributed by atoms with Crippen LogP contribution in [0.4, 0.5) is 5.69 Å². The van der Waals surface area contributed by atoms with Gasteiger partial charge in [0.1, 0.15) is 12.4 Å². The van der Waals surface area contributed by atoms with E-state index in [0.29, 0.717) is 23.2 Å². The lowest BCUT2D eigenvalue weighted by Crippen LogP contribution is -2.15. The summed E-state index contributed by atoms with van der Waals surface area (Å²) < 4.78 is 7.95. The summed E-state index contributed by atoms with van der Waals surface area (Å²) in [5.41, 5.74) is 0.545. The molecule has 0 saturated heterocycles. The van der Waals surface area contributed by atoms with Gasteiger partial charge in [0, 0.05) is 17.6 Å². The molecule has 0 spiro atoms. The summed E-state index contributed by atoms with van der Waals surface area (Å²) >= 11 is 1.26. The number of carbonyl (C=O) groups excluding carboxylic acids is 1. The fraction of sp³-hybridized carbons (Fsp3) is 0.167. The van der Waals surface area contributed by atoms with Crippen LogP contribution in [0, 0.1) is 0 Å². The van der Waals surface area contributed by atoms with Gasteiger partial charge in [0.25, 0.3) is 0 Å². The molecule has 1 heterocycles. The molecule has 0 aliphatic carbocycles. The molecule has 8 nitrogen and oxygen atoms in total. The monoisotopic (exact) mass is 462 g/mol. The van der Waals surface area contributed by atoms with Crippen molar-refractivity contribution in [1.29, 1.82) is 0 Å². The number of thioether (sulfide) groups is 1. The minimum absolute atomic E-state index is 0.111. The molecule has 1 aromatic heterocycles. The highest BCUT2D eigenvalue weighted by Gasteiger charge is 2.15. The first-order valence-corrected chi connectivity index (χ1v) is 11.3. The van der Waals surface area contributed by atoms with Crippen molar-refractivity contribution in [2.75, 3.05) is 11.1 Å². The lowest BCUT2D eigenvalue weighted by molar-refractivity contribution is -0.113. The van der Waals surface area contributed by atoms with E-state index in [2.05, 4.69) is 15.5 Å². The maximum absolute atomic E-state index is 12.3. The van der Waals surface area contributed by atoms with Gasteiger partial charge in [0.15, 0.2) is 11.0 Å². The Labute approximate surface area is 194 Å². The van der Waals surface area contributed by atoms with E-state index in [-0.39, 0.29) is 23.8 Å². The van der Waals surface area contributed by atoms with Crippen LogP contribution in [0.15, 0.2) is 71.9 Å². The third-order valence-electron chi connectivity index (χ3n) is 4.94. The first-order chi connectivity index (χ1) is 16.0. The third-order valence-corrected chi connectivity index (χ3v) is 5.91. The molecule has 0 aliphatic heterocycles.